The Bertz CT molecular complexity index is 774. The molecule has 0 unspecified atom stereocenters. The summed E-state index contributed by atoms with van der Waals surface area (Å²) in [7, 11) is -4.40. The van der Waals surface area contributed by atoms with E-state index in [0.717, 1.165) is 0 Å². The van der Waals surface area contributed by atoms with Crippen molar-refractivity contribution in [3.8, 4) is 0 Å². The number of rotatable bonds is 12. The van der Waals surface area contributed by atoms with Gasteiger partial charge in [0.15, 0.2) is 0 Å². The van der Waals surface area contributed by atoms with Gasteiger partial charge in [0.05, 0.1) is 14.9 Å². The monoisotopic (exact) mass is 896 g/mol. The van der Waals surface area contributed by atoms with Gasteiger partial charge in [-0.1, -0.05) is 0 Å². The van der Waals surface area contributed by atoms with E-state index >= 15 is 0 Å². The Morgan fingerprint density at radius 3 is 0.375 bits per heavy atom. The average Bonchev–Trinajstić information content (AvgIpc) is 3.01. The quantitative estimate of drug-likeness (QED) is 0.275. The van der Waals surface area contributed by atoms with Crippen molar-refractivity contribution >= 4 is 45.6 Å². The summed E-state index contributed by atoms with van der Waals surface area (Å²) in [5, 5.41) is 0. The molecule has 0 rings (SSSR count). The fourth-order valence-electron chi connectivity index (χ4n) is 0.447. The summed E-state index contributed by atoms with van der Waals surface area (Å²) in [6.45, 7) is 8.46. The summed E-state index contributed by atoms with van der Waals surface area (Å²) in [4.78, 5) is 0. The summed E-state index contributed by atoms with van der Waals surface area (Å²) in [5.74, 6) is 0. The Morgan fingerprint density at radius 2 is 0.375 bits per heavy atom. The third-order valence-electron chi connectivity index (χ3n) is 3.98. The van der Waals surface area contributed by atoms with E-state index in [2.05, 4.69) is 54.3 Å². The van der Waals surface area contributed by atoms with Gasteiger partial charge in [-0.25, -0.2) is 0 Å². The molecule has 0 fully saturated rings. The molecule has 0 saturated heterocycles. The van der Waals surface area contributed by atoms with Crippen molar-refractivity contribution in [1.29, 1.82) is 0 Å². The van der Waals surface area contributed by atoms with E-state index in [0.29, 0.717) is 0 Å². The maximum absolute atomic E-state index is 10.5. The molecule has 0 amide bonds. The zero-order valence-corrected chi connectivity index (χ0v) is 37.9. The van der Waals surface area contributed by atoms with Gasteiger partial charge in [0.25, 0.3) is 0 Å². The van der Waals surface area contributed by atoms with Crippen molar-refractivity contribution in [1.82, 2.24) is 0 Å². The second-order valence-electron chi connectivity index (χ2n) is 7.21. The molecule has 0 bridgehead atoms. The van der Waals surface area contributed by atoms with Gasteiger partial charge in [-0.2, -0.15) is 14.0 Å². The van der Waals surface area contributed by atoms with E-state index in [4.69, 9.17) is 18.6 Å². The molecule has 22 nitrogen and oxygen atoms in total. The van der Waals surface area contributed by atoms with Crippen molar-refractivity contribution in [2.75, 3.05) is 125 Å². The van der Waals surface area contributed by atoms with Crippen LogP contribution in [0.3, 0.4) is 0 Å². The first-order chi connectivity index (χ1) is 20.7. The van der Waals surface area contributed by atoms with Crippen LogP contribution in [0.15, 0.2) is 0 Å². The molecule has 0 aliphatic carbocycles. The first-order valence-electron chi connectivity index (χ1n) is 11.5. The van der Waals surface area contributed by atoms with Crippen LogP contribution in [-0.4, -0.2) is 130 Å². The predicted octanol–water partition coefficient (Wildman–Crippen LogP) is 2.49. The van der Waals surface area contributed by atoms with Crippen LogP contribution in [0.1, 0.15) is 0 Å². The van der Waals surface area contributed by atoms with Crippen molar-refractivity contribution in [3.05, 3.63) is 0 Å². The van der Waals surface area contributed by atoms with Crippen LogP contribution >= 0.6 is 45.6 Å². The predicted molar refractivity (Wildman–Crippen MR) is 168 cm³/mol. The zero-order chi connectivity index (χ0) is 40.0. The fourth-order valence-corrected chi connectivity index (χ4v) is 1.34. The van der Waals surface area contributed by atoms with Gasteiger partial charge in [-0.3, -0.25) is 27.4 Å². The summed E-state index contributed by atoms with van der Waals surface area (Å²) >= 11 is 0. The largest absolute Gasteiger partial charge is 3.00 e. The minimum absolute atomic E-state index is 0. The molecule has 1 N–H and O–H groups in total. The number of hydrogen-bond donors (Lipinski definition) is 1. The van der Waals surface area contributed by atoms with Gasteiger partial charge in [-0.05, 0) is 0 Å². The number of hydrogen-bond acceptors (Lipinski definition) is 22. The fraction of sp³-hybridized carbons (Fsp3) is 1.00. The Labute approximate surface area is 298 Å². The van der Waals surface area contributed by atoms with Crippen LogP contribution < -0.4 is 14.0 Å². The van der Waals surface area contributed by atoms with E-state index in [1.165, 1.54) is 125 Å². The average molecular weight is 897 g/mol. The van der Waals surface area contributed by atoms with E-state index in [1.54, 1.807) is 0 Å². The molecule has 0 atom stereocenters. The van der Waals surface area contributed by atoms with Crippen LogP contribution in [0.4, 0.5) is 0 Å². The molecule has 0 aliphatic rings. The molecule has 0 aromatic carbocycles. The van der Waals surface area contributed by atoms with E-state index in [9.17, 15) is 27.4 Å². The van der Waals surface area contributed by atoms with Crippen molar-refractivity contribution in [2.24, 2.45) is 0 Å². The first-order valence-corrected chi connectivity index (χ1v) is 24.7. The summed E-state index contributed by atoms with van der Waals surface area (Å²) in [6, 6.07) is 0. The molecule has 0 heterocycles. The second kappa shape index (κ2) is 35.6. The Morgan fingerprint density at radius 1 is 0.333 bits per heavy atom. The minimum atomic E-state index is -4.69. The molecule has 0 aromatic rings. The maximum Gasteiger partial charge on any atom is 3.00 e. The second-order valence-corrected chi connectivity index (χ2v) is 21.6. The van der Waals surface area contributed by atoms with Gasteiger partial charge in [0.1, 0.15) is 0 Å². The number of halogens is 1. The summed E-state index contributed by atoms with van der Waals surface area (Å²) in [5.41, 5.74) is 0. The Balaban J connectivity index is -0.0000000647. The SMILES string of the molecule is COP(C)(=O)OC.COP(C)(=O)OC.COP(C)(=O)OC.COP(C)(=O)OC.COP(C)(=O)OC.COP(C)(=O)OC.[Cr+3].[O-][Cl+3]([O-])([O-])O. The molecule has 48 heavy (non-hydrogen) atoms. The van der Waals surface area contributed by atoms with Gasteiger partial charge in [0.2, 0.25) is 0 Å². The van der Waals surface area contributed by atoms with Crippen LogP contribution in [0.25, 0.3) is 0 Å². The minimum Gasteiger partial charge on any atom is -0.312 e. The molecule has 0 aromatic heterocycles. The smallest absolute Gasteiger partial charge is 0.312 e. The van der Waals surface area contributed by atoms with Crippen LogP contribution in [-0.2, 0) is 99.0 Å². The van der Waals surface area contributed by atoms with Crippen LogP contribution in [0.5, 0.6) is 0 Å². The van der Waals surface area contributed by atoms with Gasteiger partial charge in [-0.15, -0.1) is 0 Å². The van der Waals surface area contributed by atoms with Gasteiger partial charge in [0, 0.05) is 125 Å². The van der Waals surface area contributed by atoms with E-state index < -0.39 is 55.8 Å². The molecule has 30 heteroatoms. The van der Waals surface area contributed by atoms with Crippen LogP contribution in [0, 0.1) is 10.2 Å². The van der Waals surface area contributed by atoms with E-state index in [-0.39, 0.29) is 17.4 Å². The summed E-state index contributed by atoms with van der Waals surface area (Å²) < 4.78 is 149. The van der Waals surface area contributed by atoms with Crippen molar-refractivity contribution < 1.29 is 128 Å². The molecule has 1 radical (unpaired) electrons. The molecule has 0 saturated carbocycles. The Kier molecular flexibility index (Phi) is 50.2. The van der Waals surface area contributed by atoms with Crippen LogP contribution in [0.2, 0.25) is 0 Å². The standard InChI is InChI=1S/6C3H9O3P.ClHO4.Cr/c6*1-5-7(3,4)6-2;2-1(3,4)5;/h6*1-3H3;(H,2,3,4,5);/q;;;;;;;+3. The molecule has 299 valence electrons. The topological polar surface area (TPSA) is 303 Å². The van der Waals surface area contributed by atoms with Gasteiger partial charge >= 0.3 is 62.9 Å². The third kappa shape index (κ3) is 73.1. The van der Waals surface area contributed by atoms with Crippen molar-refractivity contribution in [3.63, 3.8) is 0 Å². The maximum atomic E-state index is 10.5. The Hall–Kier alpha value is 1.56. The molecular weight excluding hydrogens is 841 g/mol. The third-order valence-corrected chi connectivity index (χ3v) is 11.9. The molecular formula is C18H55ClCrO22P6+3. The molecule has 0 spiro atoms. The normalized spacial score (nSPS) is 11.6. The zero-order valence-electron chi connectivity index (χ0n) is 30.5. The van der Waals surface area contributed by atoms with Crippen molar-refractivity contribution in [2.45, 2.75) is 0 Å². The first kappa shape index (κ1) is 67.7. The van der Waals surface area contributed by atoms with Gasteiger partial charge < -0.3 is 54.3 Å². The summed E-state index contributed by atoms with van der Waals surface area (Å²) in [6.07, 6.45) is 0. The molecule has 0 aliphatic heterocycles. The van der Waals surface area contributed by atoms with E-state index in [1.807, 2.05) is 0 Å².